The second-order valence-electron chi connectivity index (χ2n) is 3.98. The van der Waals surface area contributed by atoms with Crippen LogP contribution in [-0.2, 0) is 0 Å². The van der Waals surface area contributed by atoms with Crippen LogP contribution >= 0.6 is 22.7 Å². The SMILES string of the molecule is CC[C@H](Nc1ncnc2sccc12)c1cccs1. The molecule has 1 N–H and O–H groups in total. The summed E-state index contributed by atoms with van der Waals surface area (Å²) in [5, 5.41) is 8.80. The number of fused-ring (bicyclic) bond motifs is 1. The predicted octanol–water partition coefficient (Wildman–Crippen LogP) is 4.32. The van der Waals surface area contributed by atoms with Gasteiger partial charge in [-0.2, -0.15) is 0 Å². The maximum atomic E-state index is 4.37. The lowest BCUT2D eigenvalue weighted by atomic mass is 10.2. The maximum absolute atomic E-state index is 4.37. The minimum absolute atomic E-state index is 0.322. The van der Waals surface area contributed by atoms with Crippen molar-refractivity contribution in [3.8, 4) is 0 Å². The fourth-order valence-corrected chi connectivity index (χ4v) is 3.53. The van der Waals surface area contributed by atoms with E-state index in [4.69, 9.17) is 0 Å². The van der Waals surface area contributed by atoms with E-state index in [9.17, 15) is 0 Å². The predicted molar refractivity (Wildman–Crippen MR) is 78.4 cm³/mol. The maximum Gasteiger partial charge on any atom is 0.138 e. The number of nitrogens with one attached hydrogen (secondary N) is 1. The minimum Gasteiger partial charge on any atom is -0.362 e. The average Bonchev–Trinajstić information content (AvgIpc) is 3.06. The molecule has 0 amide bonds. The second kappa shape index (κ2) is 5.04. The summed E-state index contributed by atoms with van der Waals surface area (Å²) < 4.78 is 0. The van der Waals surface area contributed by atoms with E-state index in [0.29, 0.717) is 6.04 Å². The second-order valence-corrected chi connectivity index (χ2v) is 5.86. The van der Waals surface area contributed by atoms with Gasteiger partial charge >= 0.3 is 0 Å². The van der Waals surface area contributed by atoms with Gasteiger partial charge < -0.3 is 5.32 Å². The first-order valence-corrected chi connectivity index (χ1v) is 7.62. The Morgan fingerprint density at radius 3 is 2.94 bits per heavy atom. The third-order valence-corrected chi connectivity index (χ3v) is 4.67. The molecule has 3 aromatic rings. The Balaban J connectivity index is 1.93. The van der Waals surface area contributed by atoms with Gasteiger partial charge in [-0.1, -0.05) is 13.0 Å². The van der Waals surface area contributed by atoms with Gasteiger partial charge in [-0.05, 0) is 29.3 Å². The van der Waals surface area contributed by atoms with Gasteiger partial charge in [-0.3, -0.25) is 0 Å². The van der Waals surface area contributed by atoms with Crippen molar-refractivity contribution in [2.75, 3.05) is 5.32 Å². The highest BCUT2D eigenvalue weighted by atomic mass is 32.1. The molecule has 0 bridgehead atoms. The molecule has 0 spiro atoms. The molecule has 0 aliphatic rings. The number of aromatic nitrogens is 2. The summed E-state index contributed by atoms with van der Waals surface area (Å²) in [5.74, 6) is 0.932. The van der Waals surface area contributed by atoms with Crippen LogP contribution in [0.1, 0.15) is 24.3 Å². The Hall–Kier alpha value is -1.46. The first-order valence-electron chi connectivity index (χ1n) is 5.86. The standard InChI is InChI=1S/C13H13N3S2/c1-2-10(11-4-3-6-17-11)16-12-9-5-7-18-13(9)15-8-14-12/h3-8,10H,2H2,1H3,(H,14,15,16)/t10-/m0/s1. The Labute approximate surface area is 114 Å². The van der Waals surface area contributed by atoms with Crippen LogP contribution in [-0.4, -0.2) is 9.97 Å². The first kappa shape index (κ1) is 11.6. The van der Waals surface area contributed by atoms with Crippen LogP contribution in [0.4, 0.5) is 5.82 Å². The lowest BCUT2D eigenvalue weighted by Gasteiger charge is -2.16. The zero-order chi connectivity index (χ0) is 12.4. The van der Waals surface area contributed by atoms with E-state index in [1.807, 2.05) is 0 Å². The van der Waals surface area contributed by atoms with Crippen LogP contribution in [0.25, 0.3) is 10.2 Å². The molecule has 0 saturated carbocycles. The molecule has 0 aliphatic heterocycles. The van der Waals surface area contributed by atoms with Gasteiger partial charge in [0.05, 0.1) is 11.4 Å². The molecule has 0 radical (unpaired) electrons. The summed E-state index contributed by atoms with van der Waals surface area (Å²) in [6, 6.07) is 6.65. The average molecular weight is 275 g/mol. The minimum atomic E-state index is 0.322. The Bertz CT molecular complexity index is 631. The lowest BCUT2D eigenvalue weighted by Crippen LogP contribution is -2.09. The number of nitrogens with zero attached hydrogens (tertiary/aromatic N) is 2. The van der Waals surface area contributed by atoms with E-state index < -0.39 is 0 Å². The number of anilines is 1. The summed E-state index contributed by atoms with van der Waals surface area (Å²) >= 11 is 3.42. The van der Waals surface area contributed by atoms with E-state index in [1.54, 1.807) is 29.0 Å². The fraction of sp³-hybridized carbons (Fsp3) is 0.231. The van der Waals surface area contributed by atoms with Gasteiger partial charge in [0.2, 0.25) is 0 Å². The van der Waals surface area contributed by atoms with Crippen LogP contribution in [0, 0.1) is 0 Å². The summed E-state index contributed by atoms with van der Waals surface area (Å²) in [4.78, 5) is 11.0. The fourth-order valence-electron chi connectivity index (χ4n) is 1.93. The van der Waals surface area contributed by atoms with Crippen LogP contribution < -0.4 is 5.32 Å². The van der Waals surface area contributed by atoms with Crippen LogP contribution in [0.15, 0.2) is 35.3 Å². The van der Waals surface area contributed by atoms with Crippen molar-refractivity contribution in [1.82, 2.24) is 9.97 Å². The highest BCUT2D eigenvalue weighted by Gasteiger charge is 2.13. The smallest absolute Gasteiger partial charge is 0.138 e. The number of hydrogen-bond donors (Lipinski definition) is 1. The molecule has 0 unspecified atom stereocenters. The Morgan fingerprint density at radius 1 is 1.22 bits per heavy atom. The van der Waals surface area contributed by atoms with Gasteiger partial charge in [-0.25, -0.2) is 9.97 Å². The number of rotatable bonds is 4. The monoisotopic (exact) mass is 275 g/mol. The number of thiophene rings is 2. The molecule has 18 heavy (non-hydrogen) atoms. The van der Waals surface area contributed by atoms with Gasteiger partial charge in [0.15, 0.2) is 0 Å². The van der Waals surface area contributed by atoms with Crippen molar-refractivity contribution in [3.05, 3.63) is 40.2 Å². The lowest BCUT2D eigenvalue weighted by molar-refractivity contribution is 0.760. The molecule has 5 heteroatoms. The number of hydrogen-bond acceptors (Lipinski definition) is 5. The highest BCUT2D eigenvalue weighted by molar-refractivity contribution is 7.16. The van der Waals surface area contributed by atoms with Gasteiger partial charge in [-0.15, -0.1) is 22.7 Å². The van der Waals surface area contributed by atoms with Gasteiger partial charge in [0.25, 0.3) is 0 Å². The molecule has 1 atom stereocenters. The topological polar surface area (TPSA) is 37.8 Å². The van der Waals surface area contributed by atoms with Crippen LogP contribution in [0.5, 0.6) is 0 Å². The third kappa shape index (κ3) is 2.11. The third-order valence-electron chi connectivity index (χ3n) is 2.87. The molecule has 0 fully saturated rings. The Kier molecular flexibility index (Phi) is 3.25. The normalized spacial score (nSPS) is 12.7. The molecular weight excluding hydrogens is 262 g/mol. The molecule has 3 rings (SSSR count). The molecule has 3 aromatic heterocycles. The van der Waals surface area contributed by atoms with E-state index in [0.717, 1.165) is 22.5 Å². The first-order chi connectivity index (χ1) is 8.88. The van der Waals surface area contributed by atoms with E-state index in [2.05, 4.69) is 51.2 Å². The van der Waals surface area contributed by atoms with Gasteiger partial charge in [0, 0.05) is 4.88 Å². The molecule has 92 valence electrons. The van der Waals surface area contributed by atoms with E-state index in [1.165, 1.54) is 4.88 Å². The summed E-state index contributed by atoms with van der Waals surface area (Å²) in [5.41, 5.74) is 0. The molecule has 0 aromatic carbocycles. The van der Waals surface area contributed by atoms with Crippen LogP contribution in [0.3, 0.4) is 0 Å². The molecule has 3 nitrogen and oxygen atoms in total. The van der Waals surface area contributed by atoms with E-state index >= 15 is 0 Å². The molecule has 0 aliphatic carbocycles. The van der Waals surface area contributed by atoms with Gasteiger partial charge in [0.1, 0.15) is 17.0 Å². The summed E-state index contributed by atoms with van der Waals surface area (Å²) in [7, 11) is 0. The van der Waals surface area contributed by atoms with Crippen molar-refractivity contribution in [1.29, 1.82) is 0 Å². The summed E-state index contributed by atoms with van der Waals surface area (Å²) in [6.07, 6.45) is 2.67. The molecule has 0 saturated heterocycles. The van der Waals surface area contributed by atoms with Crippen LogP contribution in [0.2, 0.25) is 0 Å². The largest absolute Gasteiger partial charge is 0.362 e. The van der Waals surface area contributed by atoms with Crippen molar-refractivity contribution in [2.45, 2.75) is 19.4 Å². The van der Waals surface area contributed by atoms with Crippen molar-refractivity contribution < 1.29 is 0 Å². The highest BCUT2D eigenvalue weighted by Crippen LogP contribution is 2.29. The molecular formula is C13H13N3S2. The zero-order valence-corrected chi connectivity index (χ0v) is 11.6. The van der Waals surface area contributed by atoms with E-state index in [-0.39, 0.29) is 0 Å². The summed E-state index contributed by atoms with van der Waals surface area (Å²) in [6.45, 7) is 2.18. The Morgan fingerprint density at radius 2 is 2.17 bits per heavy atom. The van der Waals surface area contributed by atoms with Crippen molar-refractivity contribution in [3.63, 3.8) is 0 Å². The quantitative estimate of drug-likeness (QED) is 0.770. The van der Waals surface area contributed by atoms with Crippen molar-refractivity contribution in [2.24, 2.45) is 0 Å². The zero-order valence-electron chi connectivity index (χ0n) is 9.96. The molecule has 3 heterocycles. The van der Waals surface area contributed by atoms with Crippen molar-refractivity contribution >= 4 is 38.7 Å².